The average Bonchev–Trinajstić information content (AvgIpc) is 2.14. The van der Waals surface area contributed by atoms with Gasteiger partial charge in [-0.05, 0) is 0 Å². The van der Waals surface area contributed by atoms with E-state index in [4.69, 9.17) is 0 Å². The topological polar surface area (TPSA) is 37.8 Å². The first-order valence-corrected chi connectivity index (χ1v) is 3.34. The number of hydrogen-bond acceptors (Lipinski definition) is 1. The van der Waals surface area contributed by atoms with E-state index < -0.39 is 0 Å². The first-order chi connectivity index (χ1) is 3.84. The smallest absolute Gasteiger partial charge is 0.217 e. The number of aromatic amines is 1. The van der Waals surface area contributed by atoms with E-state index in [9.17, 15) is 4.21 Å². The van der Waals surface area contributed by atoms with Crippen LogP contribution in [0.1, 0.15) is 0 Å². The highest BCUT2D eigenvalue weighted by atomic mass is 79.9. The number of rotatable bonds is 0. The van der Waals surface area contributed by atoms with Crippen molar-refractivity contribution in [2.45, 2.75) is 0 Å². The molecular formula is C3H3BrN2OS. The molecule has 3 nitrogen and oxygen atoms in total. The monoisotopic (exact) mass is 194 g/mol. The SMILES string of the molecule is O=S=c1[nH]ccn1Br. The number of imidazole rings is 1. The van der Waals surface area contributed by atoms with Gasteiger partial charge in [0.05, 0.1) is 16.1 Å². The van der Waals surface area contributed by atoms with Crippen LogP contribution in [0.5, 0.6) is 0 Å². The van der Waals surface area contributed by atoms with Gasteiger partial charge in [0.15, 0.2) is 0 Å². The Morgan fingerprint density at radius 1 is 1.88 bits per heavy atom. The zero-order valence-electron chi connectivity index (χ0n) is 3.80. The lowest BCUT2D eigenvalue weighted by atomic mass is 11.0. The van der Waals surface area contributed by atoms with Gasteiger partial charge >= 0.3 is 0 Å². The first-order valence-electron chi connectivity index (χ1n) is 1.89. The fourth-order valence-electron chi connectivity index (χ4n) is 0.363. The van der Waals surface area contributed by atoms with Crippen molar-refractivity contribution in [2.24, 2.45) is 0 Å². The van der Waals surface area contributed by atoms with Gasteiger partial charge in [0.25, 0.3) is 0 Å². The lowest BCUT2D eigenvalue weighted by Crippen LogP contribution is -1.74. The highest BCUT2D eigenvalue weighted by Gasteiger charge is 1.82. The van der Waals surface area contributed by atoms with Crippen molar-refractivity contribution in [3.8, 4) is 0 Å². The molecule has 44 valence electrons. The van der Waals surface area contributed by atoms with Gasteiger partial charge in [0.2, 0.25) is 4.77 Å². The first kappa shape index (κ1) is 5.84. The number of nitrogens with zero attached hydrogens (tertiary/aromatic N) is 1. The van der Waals surface area contributed by atoms with E-state index in [1.54, 1.807) is 16.0 Å². The normalized spacial score (nSPS) is 9.12. The number of aromatic nitrogens is 2. The molecule has 0 aliphatic carbocycles. The molecule has 0 fully saturated rings. The molecular weight excluding hydrogens is 192 g/mol. The lowest BCUT2D eigenvalue weighted by Gasteiger charge is -1.75. The molecule has 0 saturated carbocycles. The van der Waals surface area contributed by atoms with Crippen LogP contribution in [0.4, 0.5) is 0 Å². The minimum atomic E-state index is 0.413. The van der Waals surface area contributed by atoms with Crippen molar-refractivity contribution < 1.29 is 4.21 Å². The minimum Gasteiger partial charge on any atom is -0.335 e. The van der Waals surface area contributed by atoms with Crippen molar-refractivity contribution in [3.05, 3.63) is 17.2 Å². The summed E-state index contributed by atoms with van der Waals surface area (Å²) in [4.78, 5) is 2.72. The summed E-state index contributed by atoms with van der Waals surface area (Å²) in [5.41, 5.74) is 0. The molecule has 1 aromatic rings. The second-order valence-electron chi connectivity index (χ2n) is 1.16. The fraction of sp³-hybridized carbons (Fsp3) is 0. The molecule has 0 aliphatic heterocycles. The van der Waals surface area contributed by atoms with Gasteiger partial charge in [0, 0.05) is 12.4 Å². The highest BCUT2D eigenvalue weighted by molar-refractivity contribution is 9.08. The van der Waals surface area contributed by atoms with Crippen LogP contribution in [0.15, 0.2) is 12.4 Å². The van der Waals surface area contributed by atoms with Crippen LogP contribution in [-0.2, 0) is 11.3 Å². The molecule has 0 aromatic carbocycles. The Bertz CT molecular complexity index is 258. The highest BCUT2D eigenvalue weighted by Crippen LogP contribution is 1.90. The maximum absolute atomic E-state index is 10.0. The Labute approximate surface area is 57.8 Å². The molecule has 0 saturated heterocycles. The molecule has 5 heteroatoms. The molecule has 1 rings (SSSR count). The number of H-pyrrole nitrogens is 1. The Morgan fingerprint density at radius 3 is 2.88 bits per heavy atom. The molecule has 0 radical (unpaired) electrons. The van der Waals surface area contributed by atoms with Crippen LogP contribution >= 0.6 is 16.1 Å². The summed E-state index contributed by atoms with van der Waals surface area (Å²) in [6.07, 6.45) is 3.38. The zero-order valence-corrected chi connectivity index (χ0v) is 6.20. The fourth-order valence-corrected chi connectivity index (χ4v) is 1.01. The van der Waals surface area contributed by atoms with Crippen LogP contribution < -0.4 is 0 Å². The molecule has 1 aromatic heterocycles. The van der Waals surface area contributed by atoms with Gasteiger partial charge in [-0.1, -0.05) is 0 Å². The van der Waals surface area contributed by atoms with E-state index in [1.807, 2.05) is 0 Å². The van der Waals surface area contributed by atoms with E-state index >= 15 is 0 Å². The molecule has 1 N–H and O–H groups in total. The maximum Gasteiger partial charge on any atom is 0.217 e. The molecule has 0 unspecified atom stereocenters. The van der Waals surface area contributed by atoms with E-state index in [0.29, 0.717) is 16.0 Å². The third-order valence-electron chi connectivity index (χ3n) is 0.685. The van der Waals surface area contributed by atoms with Crippen molar-refractivity contribution in [1.29, 1.82) is 0 Å². The molecule has 0 bridgehead atoms. The second-order valence-corrected chi connectivity index (χ2v) is 2.48. The second kappa shape index (κ2) is 2.32. The summed E-state index contributed by atoms with van der Waals surface area (Å²) in [7, 11) is 0. The minimum absolute atomic E-state index is 0.413. The van der Waals surface area contributed by atoms with Crippen LogP contribution in [0.25, 0.3) is 0 Å². The van der Waals surface area contributed by atoms with Crippen molar-refractivity contribution in [1.82, 2.24) is 8.58 Å². The van der Waals surface area contributed by atoms with Gasteiger partial charge in [-0.15, -0.1) is 0 Å². The predicted octanol–water partition coefficient (Wildman–Crippen LogP) is 0.719. The number of halogens is 1. The van der Waals surface area contributed by atoms with Crippen molar-refractivity contribution >= 4 is 27.4 Å². The third-order valence-corrected chi connectivity index (χ3v) is 1.98. The lowest BCUT2D eigenvalue weighted by molar-refractivity contribution is 0.698. The molecule has 0 aliphatic rings. The van der Waals surface area contributed by atoms with Crippen LogP contribution in [0.3, 0.4) is 0 Å². The summed E-state index contributed by atoms with van der Waals surface area (Å²) in [5.74, 6) is 0. The maximum atomic E-state index is 10.0. The van der Waals surface area contributed by atoms with Gasteiger partial charge in [-0.3, -0.25) is 3.59 Å². The van der Waals surface area contributed by atoms with Crippen molar-refractivity contribution in [3.63, 3.8) is 0 Å². The summed E-state index contributed by atoms with van der Waals surface area (Å²) in [6, 6.07) is 0. The predicted molar refractivity (Wildman–Crippen MR) is 34.5 cm³/mol. The van der Waals surface area contributed by atoms with E-state index in [1.165, 1.54) is 0 Å². The Kier molecular flexibility index (Phi) is 1.69. The average molecular weight is 195 g/mol. The van der Waals surface area contributed by atoms with E-state index in [0.717, 1.165) is 0 Å². The van der Waals surface area contributed by atoms with Crippen molar-refractivity contribution in [2.75, 3.05) is 0 Å². The third kappa shape index (κ3) is 0.924. The van der Waals surface area contributed by atoms with E-state index in [2.05, 4.69) is 21.1 Å². The Hall–Kier alpha value is -0.290. The zero-order chi connectivity index (χ0) is 5.98. The molecule has 1 heterocycles. The summed E-state index contributed by atoms with van der Waals surface area (Å²) in [6.45, 7) is 0. The molecule has 0 amide bonds. The van der Waals surface area contributed by atoms with Gasteiger partial charge in [-0.25, -0.2) is 4.21 Å². The molecule has 8 heavy (non-hydrogen) atoms. The molecule has 0 atom stereocenters. The quantitative estimate of drug-likeness (QED) is 0.608. The van der Waals surface area contributed by atoms with Gasteiger partial charge in [0.1, 0.15) is 11.3 Å². The number of nitrogens with one attached hydrogen (secondary N) is 1. The van der Waals surface area contributed by atoms with Crippen LogP contribution in [0, 0.1) is 4.77 Å². The Morgan fingerprint density at radius 2 is 2.62 bits per heavy atom. The Balaban J connectivity index is 3.54. The largest absolute Gasteiger partial charge is 0.335 e. The van der Waals surface area contributed by atoms with E-state index in [-0.39, 0.29) is 0 Å². The summed E-state index contributed by atoms with van der Waals surface area (Å²) < 4.78 is 12.1. The molecule has 0 spiro atoms. The number of hydrogen-bond donors (Lipinski definition) is 1. The summed E-state index contributed by atoms with van der Waals surface area (Å²) in [5, 5.41) is 0. The van der Waals surface area contributed by atoms with Gasteiger partial charge in [-0.2, -0.15) is 0 Å². The van der Waals surface area contributed by atoms with Gasteiger partial charge < -0.3 is 4.98 Å². The summed E-state index contributed by atoms with van der Waals surface area (Å²) >= 11 is 3.50. The van der Waals surface area contributed by atoms with Crippen LogP contribution in [-0.4, -0.2) is 12.8 Å². The van der Waals surface area contributed by atoms with Crippen LogP contribution in [0.2, 0.25) is 0 Å². The standard InChI is InChI=1S/C3H3BrN2OS/c4-6-2-1-5-3(6)8-7/h1-2,5H.